The van der Waals surface area contributed by atoms with Crippen molar-refractivity contribution in [3.8, 4) is 11.4 Å². The van der Waals surface area contributed by atoms with Crippen LogP contribution in [0.4, 0.5) is 0 Å². The second kappa shape index (κ2) is 8.68. The Morgan fingerprint density at radius 1 is 1.19 bits per heavy atom. The Morgan fingerprint density at radius 2 is 1.89 bits per heavy atom. The zero-order valence-corrected chi connectivity index (χ0v) is 16.3. The number of ether oxygens (including phenoxy) is 1. The van der Waals surface area contributed by atoms with Crippen LogP contribution in [-0.4, -0.2) is 50.4 Å². The van der Waals surface area contributed by atoms with E-state index in [-0.39, 0.29) is 11.2 Å². The first-order valence-electron chi connectivity index (χ1n) is 8.47. The van der Waals surface area contributed by atoms with Crippen LogP contribution in [0.1, 0.15) is 12.5 Å². The number of amides is 1. The van der Waals surface area contributed by atoms with Gasteiger partial charge >= 0.3 is 0 Å². The van der Waals surface area contributed by atoms with Gasteiger partial charge in [-0.1, -0.05) is 42.1 Å². The molecule has 0 N–H and O–H groups in total. The van der Waals surface area contributed by atoms with E-state index in [1.54, 1.807) is 23.7 Å². The van der Waals surface area contributed by atoms with Gasteiger partial charge in [-0.15, -0.1) is 5.10 Å². The minimum absolute atomic E-state index is 0.0214. The highest BCUT2D eigenvalue weighted by Crippen LogP contribution is 2.25. The van der Waals surface area contributed by atoms with Gasteiger partial charge in [0, 0.05) is 13.6 Å². The van der Waals surface area contributed by atoms with Crippen LogP contribution in [0.15, 0.2) is 59.8 Å². The Bertz CT molecular complexity index is 883. The standard InChI is InChI=1S/C19H21N5O2S/c1-14(18(25)23(2)13-15-7-5-4-6-8-15)27-19-20-21-22-24(19)16-9-11-17(26-3)12-10-16/h4-12,14H,13H2,1-3H3. The lowest BCUT2D eigenvalue weighted by molar-refractivity contribution is -0.129. The van der Waals surface area contributed by atoms with E-state index in [0.29, 0.717) is 11.7 Å². The van der Waals surface area contributed by atoms with Crippen LogP contribution >= 0.6 is 11.8 Å². The van der Waals surface area contributed by atoms with Crippen LogP contribution < -0.4 is 4.74 Å². The molecule has 27 heavy (non-hydrogen) atoms. The molecular weight excluding hydrogens is 362 g/mol. The minimum Gasteiger partial charge on any atom is -0.497 e. The average molecular weight is 383 g/mol. The summed E-state index contributed by atoms with van der Waals surface area (Å²) in [5, 5.41) is 12.1. The summed E-state index contributed by atoms with van der Waals surface area (Å²) in [4.78, 5) is 14.4. The fourth-order valence-corrected chi connectivity index (χ4v) is 3.51. The van der Waals surface area contributed by atoms with Gasteiger partial charge in [-0.05, 0) is 47.2 Å². The van der Waals surface area contributed by atoms with Crippen molar-refractivity contribution in [2.24, 2.45) is 0 Å². The van der Waals surface area contributed by atoms with Crippen LogP contribution in [-0.2, 0) is 11.3 Å². The molecule has 0 saturated heterocycles. The van der Waals surface area contributed by atoms with Crippen LogP contribution in [0.3, 0.4) is 0 Å². The van der Waals surface area contributed by atoms with Gasteiger partial charge in [0.1, 0.15) is 5.75 Å². The topological polar surface area (TPSA) is 73.1 Å². The number of methoxy groups -OCH3 is 1. The third-order valence-corrected chi connectivity index (χ3v) is 5.05. The maximum Gasteiger partial charge on any atom is 0.235 e. The number of benzene rings is 2. The van der Waals surface area contributed by atoms with Gasteiger partial charge in [0.2, 0.25) is 11.1 Å². The number of tetrazole rings is 1. The van der Waals surface area contributed by atoms with Gasteiger partial charge in [0.25, 0.3) is 0 Å². The van der Waals surface area contributed by atoms with Gasteiger partial charge < -0.3 is 9.64 Å². The highest BCUT2D eigenvalue weighted by atomic mass is 32.2. The molecule has 0 aliphatic rings. The van der Waals surface area contributed by atoms with Crippen molar-refractivity contribution in [3.63, 3.8) is 0 Å². The summed E-state index contributed by atoms with van der Waals surface area (Å²) >= 11 is 1.33. The Labute approximate surface area is 162 Å². The van der Waals surface area contributed by atoms with Crippen molar-refractivity contribution in [1.82, 2.24) is 25.1 Å². The molecule has 0 radical (unpaired) electrons. The number of rotatable bonds is 7. The van der Waals surface area contributed by atoms with Crippen molar-refractivity contribution < 1.29 is 9.53 Å². The summed E-state index contributed by atoms with van der Waals surface area (Å²) in [5.41, 5.74) is 1.90. The highest BCUT2D eigenvalue weighted by Gasteiger charge is 2.22. The Morgan fingerprint density at radius 3 is 2.56 bits per heavy atom. The molecule has 1 aromatic heterocycles. The van der Waals surface area contributed by atoms with Crippen LogP contribution in [0.5, 0.6) is 5.75 Å². The van der Waals surface area contributed by atoms with E-state index in [2.05, 4.69) is 15.5 Å². The highest BCUT2D eigenvalue weighted by molar-refractivity contribution is 8.00. The third-order valence-electron chi connectivity index (χ3n) is 4.03. The molecule has 3 rings (SSSR count). The summed E-state index contributed by atoms with van der Waals surface area (Å²) < 4.78 is 6.79. The Kier molecular flexibility index (Phi) is 6.08. The lowest BCUT2D eigenvalue weighted by Gasteiger charge is -2.21. The number of thioether (sulfide) groups is 1. The number of carbonyl (C=O) groups is 1. The van der Waals surface area contributed by atoms with Crippen LogP contribution in [0.25, 0.3) is 5.69 Å². The van der Waals surface area contributed by atoms with Crippen molar-refractivity contribution in [2.45, 2.75) is 23.9 Å². The fraction of sp³-hybridized carbons (Fsp3) is 0.263. The van der Waals surface area contributed by atoms with Gasteiger partial charge in [-0.2, -0.15) is 4.68 Å². The Balaban J connectivity index is 1.68. The van der Waals surface area contributed by atoms with E-state index in [1.165, 1.54) is 11.8 Å². The molecule has 1 amide bonds. The van der Waals surface area contributed by atoms with E-state index in [0.717, 1.165) is 17.0 Å². The quantitative estimate of drug-likeness (QED) is 0.584. The zero-order valence-electron chi connectivity index (χ0n) is 15.4. The molecule has 0 bridgehead atoms. The SMILES string of the molecule is COc1ccc(-n2nnnc2SC(C)C(=O)N(C)Cc2ccccc2)cc1. The summed E-state index contributed by atoms with van der Waals surface area (Å²) in [5.74, 6) is 0.778. The molecule has 1 atom stereocenters. The third kappa shape index (κ3) is 4.65. The predicted molar refractivity (Wildman–Crippen MR) is 104 cm³/mol. The molecule has 0 aliphatic carbocycles. The summed E-state index contributed by atoms with van der Waals surface area (Å²) in [6, 6.07) is 17.3. The average Bonchev–Trinajstić information content (AvgIpc) is 3.16. The number of aromatic nitrogens is 4. The molecule has 0 spiro atoms. The van der Waals surface area contributed by atoms with E-state index in [4.69, 9.17) is 4.74 Å². The minimum atomic E-state index is -0.318. The van der Waals surface area contributed by atoms with E-state index >= 15 is 0 Å². The monoisotopic (exact) mass is 383 g/mol. The normalized spacial score (nSPS) is 11.8. The van der Waals surface area contributed by atoms with Crippen molar-refractivity contribution >= 4 is 17.7 Å². The number of hydrogen-bond donors (Lipinski definition) is 0. The molecule has 0 saturated carbocycles. The first-order valence-corrected chi connectivity index (χ1v) is 9.35. The second-order valence-corrected chi connectivity index (χ2v) is 7.32. The molecule has 1 unspecified atom stereocenters. The number of hydrogen-bond acceptors (Lipinski definition) is 6. The van der Waals surface area contributed by atoms with E-state index < -0.39 is 0 Å². The van der Waals surface area contributed by atoms with Crippen molar-refractivity contribution in [3.05, 3.63) is 60.2 Å². The first-order chi connectivity index (χ1) is 13.1. The van der Waals surface area contributed by atoms with Crippen LogP contribution in [0.2, 0.25) is 0 Å². The van der Waals surface area contributed by atoms with Crippen molar-refractivity contribution in [1.29, 1.82) is 0 Å². The molecule has 7 nitrogen and oxygen atoms in total. The Hall–Kier alpha value is -2.87. The fourth-order valence-electron chi connectivity index (χ4n) is 2.59. The lowest BCUT2D eigenvalue weighted by Crippen LogP contribution is -2.32. The molecular formula is C19H21N5O2S. The van der Waals surface area contributed by atoms with E-state index in [1.807, 2.05) is 61.5 Å². The van der Waals surface area contributed by atoms with E-state index in [9.17, 15) is 4.79 Å². The van der Waals surface area contributed by atoms with Gasteiger partial charge in [-0.3, -0.25) is 4.79 Å². The smallest absolute Gasteiger partial charge is 0.235 e. The van der Waals surface area contributed by atoms with Crippen LogP contribution in [0, 0.1) is 0 Å². The first kappa shape index (κ1) is 18.9. The maximum absolute atomic E-state index is 12.7. The molecule has 2 aromatic carbocycles. The second-order valence-electron chi connectivity index (χ2n) is 6.01. The molecule has 1 heterocycles. The molecule has 3 aromatic rings. The zero-order chi connectivity index (χ0) is 19.2. The molecule has 140 valence electrons. The molecule has 8 heteroatoms. The van der Waals surface area contributed by atoms with Gasteiger partial charge in [0.15, 0.2) is 0 Å². The van der Waals surface area contributed by atoms with Gasteiger partial charge in [0.05, 0.1) is 18.0 Å². The molecule has 0 aliphatic heterocycles. The largest absolute Gasteiger partial charge is 0.497 e. The predicted octanol–water partition coefficient (Wildman–Crippen LogP) is 2.81. The molecule has 0 fully saturated rings. The summed E-state index contributed by atoms with van der Waals surface area (Å²) in [6.07, 6.45) is 0. The van der Waals surface area contributed by atoms with Crippen molar-refractivity contribution in [2.75, 3.05) is 14.2 Å². The number of carbonyl (C=O) groups excluding carboxylic acids is 1. The lowest BCUT2D eigenvalue weighted by atomic mass is 10.2. The summed E-state index contributed by atoms with van der Waals surface area (Å²) in [7, 11) is 3.42. The van der Waals surface area contributed by atoms with Gasteiger partial charge in [-0.25, -0.2) is 0 Å². The number of nitrogens with zero attached hydrogens (tertiary/aromatic N) is 5. The summed E-state index contributed by atoms with van der Waals surface area (Å²) in [6.45, 7) is 2.43. The maximum atomic E-state index is 12.7.